The number of fused-ring (bicyclic) bond motifs is 1. The number of anilines is 1. The van der Waals surface area contributed by atoms with Crippen molar-refractivity contribution >= 4 is 34.0 Å². The van der Waals surface area contributed by atoms with Crippen LogP contribution in [0, 0.1) is 16.7 Å². The number of carbonyl (C=O) groups excluding carboxylic acids is 1. The molecule has 26 heavy (non-hydrogen) atoms. The summed E-state index contributed by atoms with van der Waals surface area (Å²) in [7, 11) is 1.58. The first kappa shape index (κ1) is 17.9. The smallest absolute Gasteiger partial charge is 0.230 e. The highest BCUT2D eigenvalue weighted by molar-refractivity contribution is 7.08. The van der Waals surface area contributed by atoms with Gasteiger partial charge in [0.2, 0.25) is 5.91 Å². The van der Waals surface area contributed by atoms with Crippen molar-refractivity contribution in [3.63, 3.8) is 0 Å². The Balaban J connectivity index is 2.24. The SMILES string of the molecule is COc1ccc(-c2ccsc2)c2cc(C#N)c(NC(=O)C(C)(C)C)nc12. The standard InChI is InChI=1S/C20H19N3O2S/c1-20(2,3)19(24)23-18-13(10-21)9-15-14(12-7-8-26-11-12)5-6-16(25-4)17(15)22-18/h5-9,11H,1-4H3,(H,22,23,24). The molecular formula is C20H19N3O2S. The van der Waals surface area contributed by atoms with Gasteiger partial charge < -0.3 is 10.1 Å². The van der Waals surface area contributed by atoms with Crippen molar-refractivity contribution in [3.8, 4) is 22.9 Å². The number of benzene rings is 1. The predicted octanol–water partition coefficient (Wildman–Crippen LogP) is 4.83. The maximum atomic E-state index is 12.4. The van der Waals surface area contributed by atoms with Gasteiger partial charge in [0.05, 0.1) is 12.7 Å². The fourth-order valence-corrected chi connectivity index (χ4v) is 3.20. The fourth-order valence-electron chi connectivity index (χ4n) is 2.54. The van der Waals surface area contributed by atoms with Crippen LogP contribution in [0.1, 0.15) is 26.3 Å². The zero-order valence-electron chi connectivity index (χ0n) is 15.1. The van der Waals surface area contributed by atoms with Crippen molar-refractivity contribution in [2.75, 3.05) is 12.4 Å². The number of pyridine rings is 1. The lowest BCUT2D eigenvalue weighted by molar-refractivity contribution is -0.123. The third kappa shape index (κ3) is 3.26. The third-order valence-electron chi connectivity index (χ3n) is 4.03. The number of nitrogens with one attached hydrogen (secondary N) is 1. The molecule has 0 aliphatic heterocycles. The van der Waals surface area contributed by atoms with Gasteiger partial charge in [-0.2, -0.15) is 16.6 Å². The van der Waals surface area contributed by atoms with E-state index in [-0.39, 0.29) is 11.7 Å². The van der Waals surface area contributed by atoms with Crippen LogP contribution in [0.3, 0.4) is 0 Å². The van der Waals surface area contributed by atoms with Crippen LogP contribution in [-0.4, -0.2) is 18.0 Å². The number of thiophene rings is 1. The average Bonchev–Trinajstić information content (AvgIpc) is 3.13. The van der Waals surface area contributed by atoms with E-state index in [1.54, 1.807) is 24.5 Å². The topological polar surface area (TPSA) is 75.0 Å². The van der Waals surface area contributed by atoms with E-state index in [1.165, 1.54) is 0 Å². The molecule has 0 spiro atoms. The minimum Gasteiger partial charge on any atom is -0.494 e. The molecule has 0 atom stereocenters. The van der Waals surface area contributed by atoms with Crippen molar-refractivity contribution in [2.45, 2.75) is 20.8 Å². The molecule has 0 radical (unpaired) electrons. The lowest BCUT2D eigenvalue weighted by Gasteiger charge is -2.18. The number of hydrogen-bond donors (Lipinski definition) is 1. The summed E-state index contributed by atoms with van der Waals surface area (Å²) in [5, 5.41) is 17.2. The second-order valence-electron chi connectivity index (χ2n) is 6.92. The molecule has 3 rings (SSSR count). The zero-order valence-corrected chi connectivity index (χ0v) is 15.9. The summed E-state index contributed by atoms with van der Waals surface area (Å²) in [6.07, 6.45) is 0. The Labute approximate surface area is 156 Å². The van der Waals surface area contributed by atoms with E-state index in [0.29, 0.717) is 16.8 Å². The highest BCUT2D eigenvalue weighted by Crippen LogP contribution is 2.36. The van der Waals surface area contributed by atoms with Crippen LogP contribution in [-0.2, 0) is 4.79 Å². The third-order valence-corrected chi connectivity index (χ3v) is 4.72. The normalized spacial score (nSPS) is 11.2. The molecule has 132 valence electrons. The van der Waals surface area contributed by atoms with Crippen LogP contribution in [0.4, 0.5) is 5.82 Å². The molecule has 0 aliphatic carbocycles. The van der Waals surface area contributed by atoms with Gasteiger partial charge in [0, 0.05) is 10.8 Å². The molecule has 6 heteroatoms. The summed E-state index contributed by atoms with van der Waals surface area (Å²) in [5.41, 5.74) is 2.37. The number of rotatable bonds is 3. The van der Waals surface area contributed by atoms with E-state index in [1.807, 2.05) is 49.7 Å². The number of nitriles is 1. The Morgan fingerprint density at radius 3 is 2.65 bits per heavy atom. The Hall–Kier alpha value is -2.91. The quantitative estimate of drug-likeness (QED) is 0.721. The molecule has 0 saturated carbocycles. The molecule has 0 saturated heterocycles. The van der Waals surface area contributed by atoms with Gasteiger partial charge in [-0.25, -0.2) is 4.98 Å². The summed E-state index contributed by atoms with van der Waals surface area (Å²) in [6, 6.07) is 9.73. The minimum atomic E-state index is -0.591. The van der Waals surface area contributed by atoms with Gasteiger partial charge in [-0.3, -0.25) is 4.79 Å². The van der Waals surface area contributed by atoms with Crippen LogP contribution in [0.2, 0.25) is 0 Å². The molecule has 1 aromatic carbocycles. The Morgan fingerprint density at radius 1 is 1.31 bits per heavy atom. The summed E-state index contributed by atoms with van der Waals surface area (Å²) < 4.78 is 5.45. The molecular weight excluding hydrogens is 346 g/mol. The van der Waals surface area contributed by atoms with Gasteiger partial charge >= 0.3 is 0 Å². The van der Waals surface area contributed by atoms with E-state index in [4.69, 9.17) is 4.74 Å². The molecule has 5 nitrogen and oxygen atoms in total. The second kappa shape index (κ2) is 6.77. The van der Waals surface area contributed by atoms with Crippen LogP contribution in [0.5, 0.6) is 5.75 Å². The number of aromatic nitrogens is 1. The number of hydrogen-bond acceptors (Lipinski definition) is 5. The first-order chi connectivity index (χ1) is 12.3. The summed E-state index contributed by atoms with van der Waals surface area (Å²) in [4.78, 5) is 16.9. The largest absolute Gasteiger partial charge is 0.494 e. The Bertz CT molecular complexity index is 1010. The van der Waals surface area contributed by atoms with Crippen LogP contribution < -0.4 is 10.1 Å². The van der Waals surface area contributed by atoms with Crippen LogP contribution in [0.25, 0.3) is 22.0 Å². The van der Waals surface area contributed by atoms with Gasteiger partial charge in [-0.05, 0) is 46.2 Å². The Morgan fingerprint density at radius 2 is 2.08 bits per heavy atom. The molecule has 0 unspecified atom stereocenters. The van der Waals surface area contributed by atoms with Gasteiger partial charge in [0.25, 0.3) is 0 Å². The lowest BCUT2D eigenvalue weighted by atomic mass is 9.95. The predicted molar refractivity (Wildman–Crippen MR) is 104 cm³/mol. The van der Waals surface area contributed by atoms with E-state index >= 15 is 0 Å². The molecule has 3 aromatic rings. The number of methoxy groups -OCH3 is 1. The number of nitrogens with zero attached hydrogens (tertiary/aromatic N) is 2. The number of ether oxygens (including phenoxy) is 1. The molecule has 2 heterocycles. The van der Waals surface area contributed by atoms with Crippen molar-refractivity contribution < 1.29 is 9.53 Å². The van der Waals surface area contributed by atoms with Crippen LogP contribution >= 0.6 is 11.3 Å². The highest BCUT2D eigenvalue weighted by Gasteiger charge is 2.23. The summed E-state index contributed by atoms with van der Waals surface area (Å²) >= 11 is 1.60. The van der Waals surface area contributed by atoms with Crippen molar-refractivity contribution in [3.05, 3.63) is 40.6 Å². The fraction of sp³-hybridized carbons (Fsp3) is 0.250. The molecule has 2 aromatic heterocycles. The van der Waals surface area contributed by atoms with Gasteiger partial charge in [-0.15, -0.1) is 0 Å². The monoisotopic (exact) mass is 365 g/mol. The highest BCUT2D eigenvalue weighted by atomic mass is 32.1. The minimum absolute atomic E-state index is 0.200. The van der Waals surface area contributed by atoms with Gasteiger partial charge in [0.15, 0.2) is 5.82 Å². The van der Waals surface area contributed by atoms with Crippen molar-refractivity contribution in [2.24, 2.45) is 5.41 Å². The molecule has 0 aliphatic rings. The maximum absolute atomic E-state index is 12.4. The number of carbonyl (C=O) groups is 1. The molecule has 1 amide bonds. The van der Waals surface area contributed by atoms with Crippen LogP contribution in [0.15, 0.2) is 35.0 Å². The van der Waals surface area contributed by atoms with E-state index in [2.05, 4.69) is 16.4 Å². The molecule has 0 fully saturated rings. The van der Waals surface area contributed by atoms with E-state index in [0.717, 1.165) is 16.5 Å². The number of amides is 1. The molecule has 0 bridgehead atoms. The van der Waals surface area contributed by atoms with E-state index < -0.39 is 5.41 Å². The first-order valence-corrected chi connectivity index (χ1v) is 9.05. The maximum Gasteiger partial charge on any atom is 0.230 e. The van der Waals surface area contributed by atoms with Gasteiger partial charge in [0.1, 0.15) is 17.3 Å². The van der Waals surface area contributed by atoms with Crippen molar-refractivity contribution in [1.29, 1.82) is 5.26 Å². The molecule has 1 N–H and O–H groups in total. The lowest BCUT2D eigenvalue weighted by Crippen LogP contribution is -2.28. The first-order valence-electron chi connectivity index (χ1n) is 8.11. The summed E-state index contributed by atoms with van der Waals surface area (Å²) in [5.74, 6) is 0.643. The summed E-state index contributed by atoms with van der Waals surface area (Å²) in [6.45, 7) is 5.43. The average molecular weight is 365 g/mol. The Kier molecular flexibility index (Phi) is 4.66. The van der Waals surface area contributed by atoms with Crippen molar-refractivity contribution in [1.82, 2.24) is 4.98 Å². The van der Waals surface area contributed by atoms with Gasteiger partial charge in [-0.1, -0.05) is 20.8 Å². The zero-order chi connectivity index (χ0) is 18.9. The van der Waals surface area contributed by atoms with E-state index in [9.17, 15) is 10.1 Å². The second-order valence-corrected chi connectivity index (χ2v) is 7.70.